The van der Waals surface area contributed by atoms with Gasteiger partial charge >= 0.3 is 5.97 Å². The molecule has 0 unspecified atom stereocenters. The summed E-state index contributed by atoms with van der Waals surface area (Å²) in [4.78, 5) is 23.2. The number of fused-ring (bicyclic) bond motifs is 3. The number of nitriles is 1. The quantitative estimate of drug-likeness (QED) is 0.586. The van der Waals surface area contributed by atoms with Gasteiger partial charge in [0.15, 0.2) is 0 Å². The number of para-hydroxylation sites is 1. The van der Waals surface area contributed by atoms with Crippen LogP contribution in [-0.4, -0.2) is 34.0 Å². The zero-order chi connectivity index (χ0) is 20.1. The fraction of sp³-hybridized carbons (Fsp3) is 0.350. The second-order valence-electron chi connectivity index (χ2n) is 6.74. The fourth-order valence-electron chi connectivity index (χ4n) is 3.42. The van der Waals surface area contributed by atoms with E-state index in [0.717, 1.165) is 36.0 Å². The van der Waals surface area contributed by atoms with Gasteiger partial charge in [-0.05, 0) is 31.0 Å². The minimum absolute atomic E-state index is 0.0209. The first-order valence-corrected chi connectivity index (χ1v) is 9.96. The molecule has 0 radical (unpaired) electrons. The maximum atomic E-state index is 11.4. The van der Waals surface area contributed by atoms with Crippen molar-refractivity contribution >= 4 is 38.3 Å². The molecule has 1 aliphatic rings. The number of carboxylic acid groups (broad SMARTS) is 1. The molecule has 4 rings (SSSR count). The minimum atomic E-state index is -0.880. The number of thiazole rings is 1. The third kappa shape index (κ3) is 4.32. The van der Waals surface area contributed by atoms with Crippen LogP contribution in [0.15, 0.2) is 36.5 Å². The molecule has 8 heteroatoms. The van der Waals surface area contributed by atoms with Crippen LogP contribution >= 0.6 is 11.3 Å². The van der Waals surface area contributed by atoms with Gasteiger partial charge in [0.05, 0.1) is 27.8 Å². The van der Waals surface area contributed by atoms with Crippen LogP contribution < -0.4 is 11.1 Å². The molecule has 4 N–H and O–H groups in total. The Bertz CT molecular complexity index is 1030. The minimum Gasteiger partial charge on any atom is -0.478 e. The lowest BCUT2D eigenvalue weighted by molar-refractivity contribution is -0.126. The number of carboxylic acids is 1. The number of carbonyl (C=O) groups excluding carboxylic acids is 1. The van der Waals surface area contributed by atoms with Crippen LogP contribution in [0.25, 0.3) is 15.0 Å². The van der Waals surface area contributed by atoms with Crippen molar-refractivity contribution in [1.82, 2.24) is 9.72 Å². The van der Waals surface area contributed by atoms with Gasteiger partial charge in [-0.2, -0.15) is 5.26 Å². The lowest BCUT2D eigenvalue weighted by atomic mass is 9.84. The molecule has 0 saturated heterocycles. The highest BCUT2D eigenvalue weighted by Crippen LogP contribution is 2.28. The van der Waals surface area contributed by atoms with E-state index in [4.69, 9.17) is 16.1 Å². The summed E-state index contributed by atoms with van der Waals surface area (Å²) in [7, 11) is 0. The van der Waals surface area contributed by atoms with Gasteiger partial charge in [-0.1, -0.05) is 25.0 Å². The Morgan fingerprint density at radius 2 is 2.07 bits per heavy atom. The van der Waals surface area contributed by atoms with Crippen molar-refractivity contribution in [3.05, 3.63) is 42.1 Å². The van der Waals surface area contributed by atoms with Crippen molar-refractivity contribution in [2.45, 2.75) is 31.7 Å². The molecule has 146 valence electrons. The van der Waals surface area contributed by atoms with Crippen molar-refractivity contribution in [2.24, 2.45) is 11.7 Å². The van der Waals surface area contributed by atoms with E-state index in [-0.39, 0.29) is 24.4 Å². The summed E-state index contributed by atoms with van der Waals surface area (Å²) in [6.07, 6.45) is 5.63. The van der Waals surface area contributed by atoms with Crippen LogP contribution in [0, 0.1) is 17.2 Å². The summed E-state index contributed by atoms with van der Waals surface area (Å²) in [5.41, 5.74) is 7.21. The number of nitrogens with one attached hydrogen (secondary N) is 1. The molecule has 2 atom stereocenters. The number of carbonyl (C=O) groups is 2. The molecule has 7 nitrogen and oxygen atoms in total. The molecule has 1 amide bonds. The van der Waals surface area contributed by atoms with Crippen molar-refractivity contribution in [1.29, 1.82) is 5.26 Å². The van der Waals surface area contributed by atoms with Gasteiger partial charge in [0.1, 0.15) is 11.4 Å². The first-order chi connectivity index (χ1) is 13.5. The number of nitrogens with zero attached hydrogens (tertiary/aromatic N) is 2. The Morgan fingerprint density at radius 3 is 2.79 bits per heavy atom. The summed E-state index contributed by atoms with van der Waals surface area (Å²) in [6.45, 7) is 0.0854. The number of amides is 1. The van der Waals surface area contributed by atoms with E-state index in [1.54, 1.807) is 23.6 Å². The summed E-state index contributed by atoms with van der Waals surface area (Å²) >= 11 is 1.60. The summed E-state index contributed by atoms with van der Waals surface area (Å²) in [5.74, 6) is -1.02. The van der Waals surface area contributed by atoms with E-state index in [9.17, 15) is 9.59 Å². The molecule has 28 heavy (non-hydrogen) atoms. The fourth-order valence-corrected chi connectivity index (χ4v) is 4.50. The number of hydrogen-bond acceptors (Lipinski definition) is 5. The average Bonchev–Trinajstić information content (AvgIpc) is 3.25. The maximum Gasteiger partial charge on any atom is 0.337 e. The van der Waals surface area contributed by atoms with E-state index in [1.165, 1.54) is 4.70 Å². The predicted molar refractivity (Wildman–Crippen MR) is 108 cm³/mol. The normalized spacial score (nSPS) is 18.9. The number of nitrogens with two attached hydrogens (primary N) is 1. The second-order valence-corrected chi connectivity index (χ2v) is 7.80. The van der Waals surface area contributed by atoms with E-state index >= 15 is 0 Å². The van der Waals surface area contributed by atoms with Crippen LogP contribution in [0.2, 0.25) is 0 Å². The summed E-state index contributed by atoms with van der Waals surface area (Å²) in [5, 5.41) is 19.7. The maximum absolute atomic E-state index is 11.4. The zero-order valence-electron chi connectivity index (χ0n) is 15.3. The lowest BCUT2D eigenvalue weighted by Gasteiger charge is -2.26. The predicted octanol–water partition coefficient (Wildman–Crippen LogP) is 3.00. The number of hydrogen-bond donors (Lipinski definition) is 3. The van der Waals surface area contributed by atoms with Gasteiger partial charge < -0.3 is 20.6 Å². The van der Waals surface area contributed by atoms with Gasteiger partial charge in [-0.15, -0.1) is 11.3 Å². The Morgan fingerprint density at radius 1 is 1.32 bits per heavy atom. The standard InChI is InChI=1S/C11H7NO2S.C9H15N3O/c13-11(14)7-5-10-12(6-7)8-3-1-2-4-9(8)15-10;10-5-6-12-9(13)7-3-1-2-4-8(7)11/h1-6H,(H,13,14);7-8H,1-4,6,11H2,(H,12,13)/t;7-,8+/m.1/s1. The van der Waals surface area contributed by atoms with E-state index < -0.39 is 5.97 Å². The molecule has 0 bridgehead atoms. The SMILES string of the molecule is N#CCNC(=O)[C@@H]1CCCC[C@@H]1N.O=C(O)c1cc2sc3ccccc3n2c1. The third-order valence-electron chi connectivity index (χ3n) is 4.87. The highest BCUT2D eigenvalue weighted by Gasteiger charge is 2.27. The molecule has 0 spiro atoms. The number of aromatic carboxylic acids is 1. The van der Waals surface area contributed by atoms with Crippen LogP contribution in [0.4, 0.5) is 0 Å². The van der Waals surface area contributed by atoms with Gasteiger partial charge in [0.2, 0.25) is 5.91 Å². The van der Waals surface area contributed by atoms with Crippen LogP contribution in [0.3, 0.4) is 0 Å². The van der Waals surface area contributed by atoms with Gasteiger partial charge in [0, 0.05) is 12.2 Å². The van der Waals surface area contributed by atoms with Gasteiger partial charge in [-0.3, -0.25) is 4.79 Å². The number of aromatic nitrogens is 1. The second kappa shape index (κ2) is 8.87. The number of benzene rings is 1. The van der Waals surface area contributed by atoms with E-state index in [1.807, 2.05) is 34.7 Å². The first-order valence-electron chi connectivity index (χ1n) is 9.14. The zero-order valence-corrected chi connectivity index (χ0v) is 16.1. The summed E-state index contributed by atoms with van der Waals surface area (Å²) < 4.78 is 3.09. The largest absolute Gasteiger partial charge is 0.478 e. The lowest BCUT2D eigenvalue weighted by Crippen LogP contribution is -2.43. The average molecular weight is 398 g/mol. The monoisotopic (exact) mass is 398 g/mol. The molecular weight excluding hydrogens is 376 g/mol. The molecule has 2 heterocycles. The Hall–Kier alpha value is -2.89. The molecule has 1 aromatic carbocycles. The van der Waals surface area contributed by atoms with Crippen LogP contribution in [0.1, 0.15) is 36.0 Å². The molecule has 1 fully saturated rings. The Balaban J connectivity index is 0.000000163. The molecule has 1 aliphatic carbocycles. The van der Waals surface area contributed by atoms with Crippen molar-refractivity contribution in [3.8, 4) is 6.07 Å². The highest BCUT2D eigenvalue weighted by atomic mass is 32.1. The third-order valence-corrected chi connectivity index (χ3v) is 5.96. The van der Waals surface area contributed by atoms with E-state index in [0.29, 0.717) is 5.56 Å². The van der Waals surface area contributed by atoms with Crippen LogP contribution in [0.5, 0.6) is 0 Å². The van der Waals surface area contributed by atoms with E-state index in [2.05, 4.69) is 5.32 Å². The van der Waals surface area contributed by atoms with Crippen LogP contribution in [-0.2, 0) is 4.79 Å². The topological polar surface area (TPSA) is 121 Å². The molecule has 0 aliphatic heterocycles. The Labute approximate surface area is 166 Å². The van der Waals surface area contributed by atoms with Gasteiger partial charge in [-0.25, -0.2) is 4.79 Å². The molecular formula is C20H22N4O3S. The first kappa shape index (κ1) is 19.9. The summed E-state index contributed by atoms with van der Waals surface area (Å²) in [6, 6.07) is 11.5. The van der Waals surface area contributed by atoms with Crippen molar-refractivity contribution in [3.63, 3.8) is 0 Å². The Kier molecular flexibility index (Phi) is 6.29. The van der Waals surface area contributed by atoms with Crippen molar-refractivity contribution in [2.75, 3.05) is 6.54 Å². The van der Waals surface area contributed by atoms with Crippen molar-refractivity contribution < 1.29 is 14.7 Å². The number of rotatable bonds is 3. The smallest absolute Gasteiger partial charge is 0.337 e. The highest BCUT2D eigenvalue weighted by molar-refractivity contribution is 7.24. The molecule has 1 saturated carbocycles. The van der Waals surface area contributed by atoms with Gasteiger partial charge in [0.25, 0.3) is 0 Å². The molecule has 2 aromatic heterocycles. The molecule has 3 aromatic rings.